The third-order valence-corrected chi connectivity index (χ3v) is 3.93. The van der Waals surface area contributed by atoms with Gasteiger partial charge in [0.1, 0.15) is 0 Å². The van der Waals surface area contributed by atoms with Crippen molar-refractivity contribution in [2.75, 3.05) is 13.1 Å². The normalized spacial score (nSPS) is 18.8. The maximum atomic E-state index is 11.8. The molecule has 1 amide bonds. The van der Waals surface area contributed by atoms with Crippen LogP contribution in [0.3, 0.4) is 0 Å². The van der Waals surface area contributed by atoms with Gasteiger partial charge in [0.15, 0.2) is 0 Å². The van der Waals surface area contributed by atoms with E-state index in [4.69, 9.17) is 4.74 Å². The number of hydrogen-bond acceptors (Lipinski definition) is 4. The van der Waals surface area contributed by atoms with Crippen LogP contribution in [-0.2, 0) is 14.9 Å². The van der Waals surface area contributed by atoms with Crippen LogP contribution in [0.2, 0.25) is 0 Å². The second-order valence-corrected chi connectivity index (χ2v) is 6.05. The molecule has 1 N–H and O–H groups in total. The Morgan fingerprint density at radius 2 is 1.71 bits per heavy atom. The highest BCUT2D eigenvalue weighted by atomic mass is 32.2. The predicted molar refractivity (Wildman–Crippen MR) is 63.7 cm³/mol. The van der Waals surface area contributed by atoms with Gasteiger partial charge in [0.25, 0.3) is 0 Å². The van der Waals surface area contributed by atoms with Crippen LogP contribution in [0.15, 0.2) is 0 Å². The summed E-state index contributed by atoms with van der Waals surface area (Å²) in [7, 11) is -3.74. The van der Waals surface area contributed by atoms with Crippen molar-refractivity contribution in [3.8, 4) is 0 Å². The van der Waals surface area contributed by atoms with Gasteiger partial charge in [0.05, 0.1) is 6.10 Å². The van der Waals surface area contributed by atoms with Gasteiger partial charge in [-0.05, 0) is 26.7 Å². The summed E-state index contributed by atoms with van der Waals surface area (Å²) in [4.78, 5) is 11.3. The summed E-state index contributed by atoms with van der Waals surface area (Å²) < 4.78 is 31.7. The SMILES string of the molecule is CC(C)OC(=O)NS(=O)(=O)N1CCCCCC1. The molecule has 0 unspecified atom stereocenters. The molecule has 0 atom stereocenters. The molecule has 0 bridgehead atoms. The number of carbonyl (C=O) groups excluding carboxylic acids is 1. The van der Waals surface area contributed by atoms with Crippen molar-refractivity contribution in [3.63, 3.8) is 0 Å². The van der Waals surface area contributed by atoms with Crippen molar-refractivity contribution >= 4 is 16.3 Å². The number of nitrogens with zero attached hydrogens (tertiary/aromatic N) is 1. The molecule has 7 heteroatoms. The van der Waals surface area contributed by atoms with E-state index < -0.39 is 16.3 Å². The second-order valence-electron chi connectivity index (χ2n) is 4.37. The van der Waals surface area contributed by atoms with E-state index in [1.54, 1.807) is 13.8 Å². The predicted octanol–water partition coefficient (Wildman–Crippen LogP) is 1.24. The Morgan fingerprint density at radius 1 is 1.18 bits per heavy atom. The summed E-state index contributed by atoms with van der Waals surface area (Å²) in [6.45, 7) is 4.25. The number of carbonyl (C=O) groups is 1. The van der Waals surface area contributed by atoms with Gasteiger partial charge in [0, 0.05) is 13.1 Å². The minimum absolute atomic E-state index is 0.339. The topological polar surface area (TPSA) is 75.7 Å². The van der Waals surface area contributed by atoms with Crippen LogP contribution < -0.4 is 4.72 Å². The molecule has 1 fully saturated rings. The van der Waals surface area contributed by atoms with Crippen LogP contribution in [0.1, 0.15) is 39.5 Å². The minimum Gasteiger partial charge on any atom is -0.446 e. The van der Waals surface area contributed by atoms with Crippen molar-refractivity contribution in [3.05, 3.63) is 0 Å². The largest absolute Gasteiger partial charge is 0.446 e. The quantitative estimate of drug-likeness (QED) is 0.832. The standard InChI is InChI=1S/C10H20N2O4S/c1-9(2)16-10(13)11-17(14,15)12-7-5-3-4-6-8-12/h9H,3-8H2,1-2H3,(H,11,13). The summed E-state index contributed by atoms with van der Waals surface area (Å²) in [6, 6.07) is 0. The first kappa shape index (κ1) is 14.2. The number of ether oxygens (including phenoxy) is 1. The molecule has 1 heterocycles. The summed E-state index contributed by atoms with van der Waals surface area (Å²) in [5, 5.41) is 0. The molecule has 0 aromatic carbocycles. The van der Waals surface area contributed by atoms with Crippen LogP contribution in [-0.4, -0.2) is 38.0 Å². The van der Waals surface area contributed by atoms with Gasteiger partial charge >= 0.3 is 16.3 Å². The molecule has 6 nitrogen and oxygen atoms in total. The van der Waals surface area contributed by atoms with E-state index in [0.29, 0.717) is 13.1 Å². The Kier molecular flexibility index (Phi) is 5.20. The first-order valence-corrected chi connectivity index (χ1v) is 7.34. The van der Waals surface area contributed by atoms with Crippen molar-refractivity contribution < 1.29 is 17.9 Å². The molecule has 1 aliphatic rings. The first-order valence-electron chi connectivity index (χ1n) is 5.90. The molecular weight excluding hydrogens is 244 g/mol. The van der Waals surface area contributed by atoms with Gasteiger partial charge in [-0.3, -0.25) is 0 Å². The summed E-state index contributed by atoms with van der Waals surface area (Å²) in [6.07, 6.45) is 2.48. The van der Waals surface area contributed by atoms with Crippen LogP contribution in [0.4, 0.5) is 4.79 Å². The highest BCUT2D eigenvalue weighted by molar-refractivity contribution is 7.87. The molecule has 1 saturated heterocycles. The lowest BCUT2D eigenvalue weighted by atomic mass is 10.2. The lowest BCUT2D eigenvalue weighted by Crippen LogP contribution is -2.44. The number of nitrogens with one attached hydrogen (secondary N) is 1. The molecule has 1 aliphatic heterocycles. The molecule has 100 valence electrons. The van der Waals surface area contributed by atoms with E-state index in [1.807, 2.05) is 4.72 Å². The van der Waals surface area contributed by atoms with E-state index in [1.165, 1.54) is 4.31 Å². The van der Waals surface area contributed by atoms with Crippen LogP contribution >= 0.6 is 0 Å². The van der Waals surface area contributed by atoms with E-state index in [9.17, 15) is 13.2 Å². The van der Waals surface area contributed by atoms with Gasteiger partial charge in [-0.2, -0.15) is 12.7 Å². The molecule has 1 rings (SSSR count). The monoisotopic (exact) mass is 264 g/mol. The number of rotatable bonds is 3. The summed E-state index contributed by atoms with van der Waals surface area (Å²) in [5.74, 6) is 0. The molecule has 17 heavy (non-hydrogen) atoms. The zero-order valence-corrected chi connectivity index (χ0v) is 11.1. The van der Waals surface area contributed by atoms with Gasteiger partial charge in [0.2, 0.25) is 0 Å². The van der Waals surface area contributed by atoms with E-state index in [2.05, 4.69) is 0 Å². The van der Waals surface area contributed by atoms with E-state index in [0.717, 1.165) is 25.7 Å². The molecule has 0 aliphatic carbocycles. The first-order chi connectivity index (χ1) is 7.92. The third-order valence-electron chi connectivity index (χ3n) is 2.46. The molecule has 0 aromatic heterocycles. The minimum atomic E-state index is -3.74. The van der Waals surface area contributed by atoms with Crippen LogP contribution in [0.5, 0.6) is 0 Å². The van der Waals surface area contributed by atoms with E-state index >= 15 is 0 Å². The Hall–Kier alpha value is -0.820. The second kappa shape index (κ2) is 6.20. The van der Waals surface area contributed by atoms with Gasteiger partial charge < -0.3 is 4.74 Å². The lowest BCUT2D eigenvalue weighted by Gasteiger charge is -2.20. The van der Waals surface area contributed by atoms with Crippen molar-refractivity contribution in [1.82, 2.24) is 9.03 Å². The van der Waals surface area contributed by atoms with Crippen LogP contribution in [0, 0.1) is 0 Å². The van der Waals surface area contributed by atoms with Crippen LogP contribution in [0.25, 0.3) is 0 Å². The third kappa shape index (κ3) is 4.91. The fraction of sp³-hybridized carbons (Fsp3) is 0.900. The van der Waals surface area contributed by atoms with Crippen molar-refractivity contribution in [2.45, 2.75) is 45.6 Å². The smallest absolute Gasteiger partial charge is 0.422 e. The fourth-order valence-corrected chi connectivity index (χ4v) is 2.82. The molecule has 0 saturated carbocycles. The van der Waals surface area contributed by atoms with Crippen molar-refractivity contribution in [2.24, 2.45) is 0 Å². The lowest BCUT2D eigenvalue weighted by molar-refractivity contribution is 0.121. The zero-order valence-electron chi connectivity index (χ0n) is 10.3. The highest BCUT2D eigenvalue weighted by Crippen LogP contribution is 2.12. The zero-order chi connectivity index (χ0) is 12.9. The summed E-state index contributed by atoms with van der Waals surface area (Å²) >= 11 is 0. The maximum Gasteiger partial charge on any atom is 0.422 e. The maximum absolute atomic E-state index is 11.8. The summed E-state index contributed by atoms with van der Waals surface area (Å²) in [5.41, 5.74) is 0. The highest BCUT2D eigenvalue weighted by Gasteiger charge is 2.25. The average Bonchev–Trinajstić information content (AvgIpc) is 2.42. The van der Waals surface area contributed by atoms with Gasteiger partial charge in [-0.15, -0.1) is 0 Å². The Bertz CT molecular complexity index is 345. The molecular formula is C10H20N2O4S. The Balaban J connectivity index is 2.57. The molecule has 0 radical (unpaired) electrons. The average molecular weight is 264 g/mol. The van der Waals surface area contributed by atoms with Crippen molar-refractivity contribution in [1.29, 1.82) is 0 Å². The number of hydrogen-bond donors (Lipinski definition) is 1. The Labute approximate surface area is 102 Å². The molecule has 0 spiro atoms. The van der Waals surface area contributed by atoms with E-state index in [-0.39, 0.29) is 6.10 Å². The van der Waals surface area contributed by atoms with Gasteiger partial charge in [-0.25, -0.2) is 9.52 Å². The number of amides is 1. The Morgan fingerprint density at radius 3 is 2.18 bits per heavy atom. The molecule has 0 aromatic rings. The fourth-order valence-electron chi connectivity index (χ4n) is 1.69. The van der Waals surface area contributed by atoms with Gasteiger partial charge in [-0.1, -0.05) is 12.8 Å².